The van der Waals surface area contributed by atoms with Crippen molar-refractivity contribution in [3.05, 3.63) is 11.6 Å². The van der Waals surface area contributed by atoms with E-state index in [1.54, 1.807) is 7.05 Å². The van der Waals surface area contributed by atoms with Crippen molar-refractivity contribution in [2.45, 2.75) is 18.8 Å². The number of rotatable bonds is 2. The summed E-state index contributed by atoms with van der Waals surface area (Å²) >= 11 is 0. The Hall–Kier alpha value is -1.19. The molecule has 0 radical (unpaired) electrons. The number of aromatic nitrogens is 3. The van der Waals surface area contributed by atoms with Crippen molar-refractivity contribution in [2.24, 2.45) is 7.05 Å². The average Bonchev–Trinajstić information content (AvgIpc) is 2.76. The number of aryl methyl sites for hydroxylation is 1. The zero-order chi connectivity index (χ0) is 7.84. The van der Waals surface area contributed by atoms with Gasteiger partial charge in [-0.1, -0.05) is 0 Å². The Morgan fingerprint density at radius 1 is 1.64 bits per heavy atom. The third-order valence-corrected chi connectivity index (χ3v) is 1.86. The van der Waals surface area contributed by atoms with Crippen LogP contribution >= 0.6 is 0 Å². The van der Waals surface area contributed by atoms with Crippen molar-refractivity contribution in [3.8, 4) is 0 Å². The molecule has 0 amide bonds. The first-order valence-electron chi connectivity index (χ1n) is 3.67. The fourth-order valence-electron chi connectivity index (χ4n) is 1.03. The molecule has 0 bridgehead atoms. The molecule has 1 aliphatic rings. The van der Waals surface area contributed by atoms with Gasteiger partial charge in [-0.25, -0.2) is 9.67 Å². The summed E-state index contributed by atoms with van der Waals surface area (Å²) < 4.78 is 1.53. The molecule has 1 fully saturated rings. The van der Waals surface area contributed by atoms with Gasteiger partial charge in [0.2, 0.25) is 0 Å². The molecule has 4 nitrogen and oxygen atoms in total. The van der Waals surface area contributed by atoms with Gasteiger partial charge in [0.05, 0.1) is 0 Å². The lowest BCUT2D eigenvalue weighted by atomic mass is 10.4. The molecule has 1 saturated carbocycles. The molecule has 2 rings (SSSR count). The smallest absolute Gasteiger partial charge is 0.191 e. The fraction of sp³-hybridized carbons (Fsp3) is 0.571. The largest absolute Gasteiger partial charge is 0.294 e. The molecule has 58 valence electrons. The van der Waals surface area contributed by atoms with Gasteiger partial charge < -0.3 is 0 Å². The first-order chi connectivity index (χ1) is 5.31. The number of hydrogen-bond donors (Lipinski definition) is 0. The Balaban J connectivity index is 2.35. The van der Waals surface area contributed by atoms with E-state index in [0.717, 1.165) is 12.1 Å². The average molecular weight is 151 g/mol. The number of carbonyl (C=O) groups is 1. The lowest BCUT2D eigenvalue weighted by Gasteiger charge is -1.84. The summed E-state index contributed by atoms with van der Waals surface area (Å²) in [5.74, 6) is 1.77. The van der Waals surface area contributed by atoms with Crippen molar-refractivity contribution in [3.63, 3.8) is 0 Å². The number of hydrogen-bond acceptors (Lipinski definition) is 3. The van der Waals surface area contributed by atoms with Crippen LogP contribution in [-0.4, -0.2) is 21.1 Å². The second kappa shape index (κ2) is 2.15. The predicted molar refractivity (Wildman–Crippen MR) is 38.4 cm³/mol. The molecule has 0 N–H and O–H groups in total. The zero-order valence-corrected chi connectivity index (χ0v) is 6.32. The van der Waals surface area contributed by atoms with Crippen molar-refractivity contribution in [1.82, 2.24) is 14.8 Å². The van der Waals surface area contributed by atoms with Crippen molar-refractivity contribution in [1.29, 1.82) is 0 Å². The maximum atomic E-state index is 10.4. The highest BCUT2D eigenvalue weighted by molar-refractivity contribution is 5.68. The summed E-state index contributed by atoms with van der Waals surface area (Å²) in [4.78, 5) is 14.4. The van der Waals surface area contributed by atoms with Crippen LogP contribution in [0.15, 0.2) is 0 Å². The van der Waals surface area contributed by atoms with Crippen LogP contribution < -0.4 is 0 Å². The van der Waals surface area contributed by atoms with Crippen molar-refractivity contribution < 1.29 is 4.79 Å². The van der Waals surface area contributed by atoms with Crippen LogP contribution in [-0.2, 0) is 7.05 Å². The summed E-state index contributed by atoms with van der Waals surface area (Å²) in [5.41, 5.74) is 0. The Morgan fingerprint density at radius 2 is 2.36 bits per heavy atom. The molecule has 0 atom stereocenters. The first kappa shape index (κ1) is 6.52. The molecule has 1 heterocycles. The van der Waals surface area contributed by atoms with Crippen LogP contribution in [0.2, 0.25) is 0 Å². The normalized spacial score (nSPS) is 16.8. The first-order valence-corrected chi connectivity index (χ1v) is 3.67. The third kappa shape index (κ3) is 1.04. The topological polar surface area (TPSA) is 47.8 Å². The lowest BCUT2D eigenvalue weighted by Crippen LogP contribution is -1.96. The molecule has 0 unspecified atom stereocenters. The van der Waals surface area contributed by atoms with Crippen molar-refractivity contribution in [2.75, 3.05) is 0 Å². The van der Waals surface area contributed by atoms with E-state index in [0.29, 0.717) is 11.7 Å². The molecule has 4 heteroatoms. The summed E-state index contributed by atoms with van der Waals surface area (Å²) in [6, 6.07) is 0. The van der Waals surface area contributed by atoms with Crippen LogP contribution in [0.5, 0.6) is 0 Å². The zero-order valence-electron chi connectivity index (χ0n) is 6.32. The van der Waals surface area contributed by atoms with Crippen LogP contribution in [0, 0.1) is 0 Å². The summed E-state index contributed by atoms with van der Waals surface area (Å²) in [5, 5.41) is 4.12. The highest BCUT2D eigenvalue weighted by atomic mass is 16.1. The summed E-state index contributed by atoms with van der Waals surface area (Å²) in [6.45, 7) is 0. The van der Waals surface area contributed by atoms with Gasteiger partial charge in [-0.2, -0.15) is 5.10 Å². The molecular weight excluding hydrogens is 142 g/mol. The van der Waals surface area contributed by atoms with Gasteiger partial charge >= 0.3 is 0 Å². The molecule has 0 aliphatic heterocycles. The van der Waals surface area contributed by atoms with Gasteiger partial charge in [0, 0.05) is 13.0 Å². The molecule has 0 aromatic carbocycles. The fourth-order valence-corrected chi connectivity index (χ4v) is 1.03. The molecule has 1 aromatic heterocycles. The Kier molecular flexibility index (Phi) is 1.27. The van der Waals surface area contributed by atoms with Crippen molar-refractivity contribution >= 4 is 6.29 Å². The number of aldehydes is 1. The number of nitrogens with zero attached hydrogens (tertiary/aromatic N) is 3. The highest BCUT2D eigenvalue weighted by Crippen LogP contribution is 2.37. The summed E-state index contributed by atoms with van der Waals surface area (Å²) in [7, 11) is 1.74. The minimum Gasteiger partial charge on any atom is -0.294 e. The van der Waals surface area contributed by atoms with Gasteiger partial charge in [-0.3, -0.25) is 4.79 Å². The standard InChI is InChI=1S/C7H9N3O/c1-10-6(4-11)8-7(9-10)5-2-3-5/h4-5H,2-3H2,1H3. The molecule has 1 aromatic rings. The minimum atomic E-state index is 0.423. The third-order valence-electron chi connectivity index (χ3n) is 1.86. The molecule has 11 heavy (non-hydrogen) atoms. The maximum absolute atomic E-state index is 10.4. The Morgan fingerprint density at radius 3 is 2.82 bits per heavy atom. The molecule has 0 spiro atoms. The molecule has 0 saturated heterocycles. The van der Waals surface area contributed by atoms with E-state index in [1.165, 1.54) is 17.5 Å². The minimum absolute atomic E-state index is 0.423. The Labute approximate surface area is 64.2 Å². The van der Waals surface area contributed by atoms with E-state index in [2.05, 4.69) is 10.1 Å². The van der Waals surface area contributed by atoms with Gasteiger partial charge in [0.25, 0.3) is 0 Å². The van der Waals surface area contributed by atoms with Gasteiger partial charge in [-0.05, 0) is 12.8 Å². The van der Waals surface area contributed by atoms with E-state index in [9.17, 15) is 4.79 Å². The second-order valence-corrected chi connectivity index (χ2v) is 2.84. The lowest BCUT2D eigenvalue weighted by molar-refractivity contribution is 0.111. The van der Waals surface area contributed by atoms with Gasteiger partial charge in [-0.15, -0.1) is 0 Å². The Bertz CT molecular complexity index is 288. The van der Waals surface area contributed by atoms with Crippen LogP contribution in [0.4, 0.5) is 0 Å². The predicted octanol–water partition coefficient (Wildman–Crippen LogP) is 0.505. The van der Waals surface area contributed by atoms with Gasteiger partial charge in [0.1, 0.15) is 0 Å². The monoisotopic (exact) mass is 151 g/mol. The van der Waals surface area contributed by atoms with Crippen LogP contribution in [0.1, 0.15) is 35.2 Å². The van der Waals surface area contributed by atoms with E-state index < -0.39 is 0 Å². The van der Waals surface area contributed by atoms with E-state index >= 15 is 0 Å². The van der Waals surface area contributed by atoms with Gasteiger partial charge in [0.15, 0.2) is 17.9 Å². The molecular formula is C7H9N3O. The SMILES string of the molecule is Cn1nc(C2CC2)nc1C=O. The van der Waals surface area contributed by atoms with E-state index in [-0.39, 0.29) is 0 Å². The molecule has 1 aliphatic carbocycles. The highest BCUT2D eigenvalue weighted by Gasteiger charge is 2.28. The van der Waals surface area contributed by atoms with Crippen LogP contribution in [0.3, 0.4) is 0 Å². The maximum Gasteiger partial charge on any atom is 0.191 e. The quantitative estimate of drug-likeness (QED) is 0.578. The second-order valence-electron chi connectivity index (χ2n) is 2.84. The summed E-state index contributed by atoms with van der Waals surface area (Å²) in [6.07, 6.45) is 3.07. The van der Waals surface area contributed by atoms with E-state index in [1.807, 2.05) is 0 Å². The van der Waals surface area contributed by atoms with E-state index in [4.69, 9.17) is 0 Å². The number of carbonyl (C=O) groups excluding carboxylic acids is 1. The van der Waals surface area contributed by atoms with Crippen LogP contribution in [0.25, 0.3) is 0 Å².